The minimum atomic E-state index is -0.594. The van der Waals surface area contributed by atoms with Gasteiger partial charge >= 0.3 is 0 Å². The van der Waals surface area contributed by atoms with Crippen molar-refractivity contribution in [3.05, 3.63) is 89.6 Å². The summed E-state index contributed by atoms with van der Waals surface area (Å²) < 4.78 is 15.7. The molecule has 0 aliphatic heterocycles. The van der Waals surface area contributed by atoms with E-state index in [1.807, 2.05) is 30.3 Å². The van der Waals surface area contributed by atoms with Gasteiger partial charge in [-0.3, -0.25) is 19.3 Å². The first-order chi connectivity index (χ1) is 17.9. The van der Waals surface area contributed by atoms with E-state index in [4.69, 9.17) is 5.73 Å². The van der Waals surface area contributed by atoms with Gasteiger partial charge in [-0.05, 0) is 60.9 Å². The summed E-state index contributed by atoms with van der Waals surface area (Å²) in [6, 6.07) is 16.7. The molecule has 0 unspecified atom stereocenters. The number of pyridine rings is 1. The van der Waals surface area contributed by atoms with E-state index < -0.39 is 23.0 Å². The normalized spacial score (nSPS) is 19.3. The van der Waals surface area contributed by atoms with Gasteiger partial charge in [-0.1, -0.05) is 30.3 Å². The molecule has 0 radical (unpaired) electrons. The van der Waals surface area contributed by atoms with Crippen LogP contribution < -0.4 is 11.1 Å². The molecule has 0 atom stereocenters. The quantitative estimate of drug-likeness (QED) is 0.408. The maximum atomic E-state index is 14.3. The van der Waals surface area contributed by atoms with Gasteiger partial charge in [-0.15, -0.1) is 0 Å². The van der Waals surface area contributed by atoms with Crippen LogP contribution >= 0.6 is 0 Å². The number of nitrogens with two attached hydrogens (primary N) is 1. The number of nitriles is 1. The van der Waals surface area contributed by atoms with E-state index in [2.05, 4.69) is 21.5 Å². The minimum absolute atomic E-state index is 0.0594. The molecule has 37 heavy (non-hydrogen) atoms. The van der Waals surface area contributed by atoms with Crippen molar-refractivity contribution in [1.29, 1.82) is 5.26 Å². The van der Waals surface area contributed by atoms with Crippen molar-refractivity contribution in [1.82, 2.24) is 14.8 Å². The molecule has 8 nitrogen and oxygen atoms in total. The van der Waals surface area contributed by atoms with Crippen LogP contribution in [0, 0.1) is 17.1 Å². The number of benzene rings is 2. The fraction of sp³-hybridized carbons (Fsp3) is 0.250. The fourth-order valence-corrected chi connectivity index (χ4v) is 5.30. The lowest BCUT2D eigenvalue weighted by atomic mass is 9.66. The number of fused-ring (bicyclic) bond motifs is 1. The number of carbonyl (C=O) groups is 2. The van der Waals surface area contributed by atoms with Crippen molar-refractivity contribution >= 4 is 28.4 Å². The molecule has 1 aliphatic rings. The Hall–Kier alpha value is -4.58. The van der Waals surface area contributed by atoms with Gasteiger partial charge in [0.1, 0.15) is 12.4 Å². The van der Waals surface area contributed by atoms with E-state index in [9.17, 15) is 19.2 Å². The zero-order chi connectivity index (χ0) is 26.0. The van der Waals surface area contributed by atoms with E-state index in [1.54, 1.807) is 6.07 Å². The van der Waals surface area contributed by atoms with Crippen molar-refractivity contribution in [3.63, 3.8) is 0 Å². The molecule has 0 spiro atoms. The highest BCUT2D eigenvalue weighted by molar-refractivity contribution is 6.07. The number of nitrogens with zero attached hydrogens (tertiary/aromatic N) is 4. The first kappa shape index (κ1) is 24.1. The van der Waals surface area contributed by atoms with E-state index in [0.717, 1.165) is 11.1 Å². The number of hydrogen-bond donors (Lipinski definition) is 2. The third kappa shape index (κ3) is 4.78. The number of anilines is 1. The summed E-state index contributed by atoms with van der Waals surface area (Å²) in [5.41, 5.74) is 7.68. The van der Waals surface area contributed by atoms with Crippen molar-refractivity contribution in [2.75, 3.05) is 5.32 Å². The summed E-state index contributed by atoms with van der Waals surface area (Å²) in [5, 5.41) is 17.5. The van der Waals surface area contributed by atoms with Crippen LogP contribution in [-0.4, -0.2) is 26.6 Å². The Balaban J connectivity index is 1.49. The topological polar surface area (TPSA) is 127 Å². The average Bonchev–Trinajstić information content (AvgIpc) is 3.34. The first-order valence-corrected chi connectivity index (χ1v) is 12.1. The van der Waals surface area contributed by atoms with Crippen LogP contribution in [0.3, 0.4) is 0 Å². The Morgan fingerprint density at radius 2 is 1.92 bits per heavy atom. The molecule has 4 aromatic rings. The highest BCUT2D eigenvalue weighted by atomic mass is 19.1. The molecule has 1 aliphatic carbocycles. The lowest BCUT2D eigenvalue weighted by Crippen LogP contribution is -2.30. The maximum Gasteiger partial charge on any atom is 0.257 e. The van der Waals surface area contributed by atoms with E-state index >= 15 is 0 Å². The van der Waals surface area contributed by atoms with Crippen LogP contribution in [0.2, 0.25) is 0 Å². The van der Waals surface area contributed by atoms with Gasteiger partial charge in [0.05, 0.1) is 34.4 Å². The van der Waals surface area contributed by atoms with Crippen LogP contribution in [0.25, 0.3) is 10.9 Å². The Morgan fingerprint density at radius 1 is 1.16 bits per heavy atom. The second-order valence-electron chi connectivity index (χ2n) is 9.43. The number of nitrogens with one attached hydrogen (secondary N) is 1. The molecule has 0 bridgehead atoms. The molecule has 5 rings (SSSR count). The highest BCUT2D eigenvalue weighted by Crippen LogP contribution is 2.46. The van der Waals surface area contributed by atoms with Crippen molar-refractivity contribution < 1.29 is 14.0 Å². The van der Waals surface area contributed by atoms with Gasteiger partial charge in [0.25, 0.3) is 5.91 Å². The second-order valence-corrected chi connectivity index (χ2v) is 9.43. The lowest BCUT2D eigenvalue weighted by molar-refractivity contribution is -0.118. The smallest absolute Gasteiger partial charge is 0.257 e. The monoisotopic (exact) mass is 496 g/mol. The molecule has 9 heteroatoms. The van der Waals surface area contributed by atoms with Crippen molar-refractivity contribution in [2.24, 2.45) is 5.73 Å². The van der Waals surface area contributed by atoms with Gasteiger partial charge in [-0.25, -0.2) is 4.39 Å². The molecule has 0 saturated heterocycles. The summed E-state index contributed by atoms with van der Waals surface area (Å²) in [5.74, 6) is -1.43. The number of amides is 2. The predicted molar refractivity (Wildman–Crippen MR) is 136 cm³/mol. The van der Waals surface area contributed by atoms with Crippen molar-refractivity contribution in [3.8, 4) is 6.07 Å². The third-order valence-corrected chi connectivity index (χ3v) is 7.11. The van der Waals surface area contributed by atoms with Crippen LogP contribution in [0.5, 0.6) is 0 Å². The number of hydrogen-bond acceptors (Lipinski definition) is 5. The van der Waals surface area contributed by atoms with Crippen LogP contribution in [-0.2, 0) is 16.8 Å². The Morgan fingerprint density at radius 3 is 2.62 bits per heavy atom. The molecule has 2 aromatic carbocycles. The molecule has 186 valence electrons. The van der Waals surface area contributed by atoms with Gasteiger partial charge in [0.15, 0.2) is 0 Å². The molecule has 3 N–H and O–H groups in total. The molecular weight excluding hydrogens is 471 g/mol. The largest absolute Gasteiger partial charge is 0.368 e. The number of halogens is 1. The summed E-state index contributed by atoms with van der Waals surface area (Å²) in [6.07, 6.45) is 7.02. The lowest BCUT2D eigenvalue weighted by Gasteiger charge is -2.36. The van der Waals surface area contributed by atoms with Crippen molar-refractivity contribution in [2.45, 2.75) is 43.6 Å². The predicted octanol–water partition coefficient (Wildman–Crippen LogP) is 4.43. The SMILES string of the molecule is N#CC1(c2ccccc2)CCC(c2c(C(=O)Nc3cnn(CC(N)=O)c3)cnc3ccc(F)cc23)CC1. The Bertz CT molecular complexity index is 1520. The average molecular weight is 497 g/mol. The van der Waals surface area contributed by atoms with Gasteiger partial charge in [-0.2, -0.15) is 10.4 Å². The Labute approximate surface area is 212 Å². The summed E-state index contributed by atoms with van der Waals surface area (Å²) in [6.45, 7) is -0.109. The summed E-state index contributed by atoms with van der Waals surface area (Å²) in [7, 11) is 0. The van der Waals surface area contributed by atoms with E-state index in [1.165, 1.54) is 35.4 Å². The zero-order valence-electron chi connectivity index (χ0n) is 20.0. The summed E-state index contributed by atoms with van der Waals surface area (Å²) >= 11 is 0. The minimum Gasteiger partial charge on any atom is -0.368 e. The standard InChI is InChI=1S/C28H25FN6O2/c29-20-6-7-24-22(12-20)26(18-8-10-28(17-30,11-9-18)19-4-2-1-3-5-19)23(14-32-24)27(37)34-21-13-33-35(15-21)16-25(31)36/h1-7,12-15,18H,8-11,16H2,(H2,31,36)(H,34,37). The Kier molecular flexibility index (Phi) is 6.40. The number of primary amides is 1. The van der Waals surface area contributed by atoms with Gasteiger partial charge in [0.2, 0.25) is 5.91 Å². The van der Waals surface area contributed by atoms with Crippen LogP contribution in [0.15, 0.2) is 67.1 Å². The van der Waals surface area contributed by atoms with Gasteiger partial charge in [0, 0.05) is 17.8 Å². The molecule has 1 fully saturated rings. The fourth-order valence-electron chi connectivity index (χ4n) is 5.30. The maximum absolute atomic E-state index is 14.3. The first-order valence-electron chi connectivity index (χ1n) is 12.1. The van der Waals surface area contributed by atoms with Crippen LogP contribution in [0.1, 0.15) is 53.1 Å². The zero-order valence-corrected chi connectivity index (χ0v) is 20.0. The van der Waals surface area contributed by atoms with Crippen LogP contribution in [0.4, 0.5) is 10.1 Å². The molecule has 2 amide bonds. The molecule has 2 heterocycles. The van der Waals surface area contributed by atoms with Gasteiger partial charge < -0.3 is 11.1 Å². The number of carbonyl (C=O) groups excluding carboxylic acids is 2. The second kappa shape index (κ2) is 9.82. The summed E-state index contributed by atoms with van der Waals surface area (Å²) in [4.78, 5) is 29.0. The molecule has 1 saturated carbocycles. The molecule has 2 aromatic heterocycles. The number of aromatic nitrogens is 3. The van der Waals surface area contributed by atoms with E-state index in [0.29, 0.717) is 47.8 Å². The van der Waals surface area contributed by atoms with E-state index in [-0.39, 0.29) is 12.5 Å². The number of rotatable bonds is 6. The highest BCUT2D eigenvalue weighted by Gasteiger charge is 2.39. The molecular formula is C28H25FN6O2. The third-order valence-electron chi connectivity index (χ3n) is 7.11.